The van der Waals surface area contributed by atoms with Crippen LogP contribution in [0.1, 0.15) is 56.3 Å². The van der Waals surface area contributed by atoms with Crippen LogP contribution in [0.4, 0.5) is 4.39 Å². The zero-order chi connectivity index (χ0) is 13.5. The van der Waals surface area contributed by atoms with E-state index in [0.717, 1.165) is 31.2 Å². The van der Waals surface area contributed by atoms with Gasteiger partial charge >= 0.3 is 0 Å². The first-order valence-corrected chi connectivity index (χ1v) is 6.97. The Bertz CT molecular complexity index is 481. The van der Waals surface area contributed by atoms with Crippen molar-refractivity contribution in [2.24, 2.45) is 5.73 Å². The summed E-state index contributed by atoms with van der Waals surface area (Å²) in [6.07, 6.45) is 4.26. The summed E-state index contributed by atoms with van der Waals surface area (Å²) in [7, 11) is 0. The van der Waals surface area contributed by atoms with E-state index in [1.165, 1.54) is 13.3 Å². The molecule has 1 saturated carbocycles. The molecular formula is C15H20FNO2. The number of rotatable bonds is 2. The second kappa shape index (κ2) is 4.67. The number of ether oxygens (including phenoxy) is 2. The maximum Gasteiger partial charge on any atom is 0.231 e. The molecule has 0 amide bonds. The van der Waals surface area contributed by atoms with E-state index in [2.05, 4.69) is 0 Å². The van der Waals surface area contributed by atoms with E-state index in [1.807, 2.05) is 6.07 Å². The Hall–Kier alpha value is -1.29. The molecule has 19 heavy (non-hydrogen) atoms. The molecule has 104 valence electrons. The molecule has 1 unspecified atom stereocenters. The lowest BCUT2D eigenvalue weighted by molar-refractivity contribution is 0.170. The third-order valence-corrected chi connectivity index (χ3v) is 4.24. The highest BCUT2D eigenvalue weighted by atomic mass is 19.1. The largest absolute Gasteiger partial charge is 0.454 e. The van der Waals surface area contributed by atoms with Crippen LogP contribution in [0.25, 0.3) is 0 Å². The molecule has 2 N–H and O–H groups in total. The van der Waals surface area contributed by atoms with Gasteiger partial charge in [0.05, 0.1) is 0 Å². The van der Waals surface area contributed by atoms with Crippen molar-refractivity contribution in [3.8, 4) is 11.5 Å². The number of halogens is 1. The van der Waals surface area contributed by atoms with E-state index in [1.54, 1.807) is 6.07 Å². The summed E-state index contributed by atoms with van der Waals surface area (Å²) in [5.41, 5.74) is 7.70. The lowest BCUT2D eigenvalue weighted by atomic mass is 9.76. The zero-order valence-electron chi connectivity index (χ0n) is 11.2. The van der Waals surface area contributed by atoms with Crippen molar-refractivity contribution in [1.29, 1.82) is 0 Å². The van der Waals surface area contributed by atoms with Gasteiger partial charge in [0.2, 0.25) is 6.79 Å². The molecule has 3 rings (SSSR count). The van der Waals surface area contributed by atoms with Crippen molar-refractivity contribution in [3.05, 3.63) is 23.3 Å². The van der Waals surface area contributed by atoms with Gasteiger partial charge in [-0.05, 0) is 37.5 Å². The summed E-state index contributed by atoms with van der Waals surface area (Å²) in [6.45, 7) is 1.73. The van der Waals surface area contributed by atoms with Crippen LogP contribution in [0.3, 0.4) is 0 Å². The maximum absolute atomic E-state index is 13.6. The van der Waals surface area contributed by atoms with Crippen molar-refractivity contribution in [3.63, 3.8) is 0 Å². The molecule has 1 atom stereocenters. The van der Waals surface area contributed by atoms with E-state index >= 15 is 0 Å². The lowest BCUT2D eigenvalue weighted by Gasteiger charge is -2.34. The minimum absolute atomic E-state index is 0.197. The van der Waals surface area contributed by atoms with Gasteiger partial charge in [0, 0.05) is 11.1 Å². The summed E-state index contributed by atoms with van der Waals surface area (Å²) in [4.78, 5) is 0. The Morgan fingerprint density at radius 3 is 2.63 bits per heavy atom. The van der Waals surface area contributed by atoms with Crippen molar-refractivity contribution >= 4 is 0 Å². The summed E-state index contributed by atoms with van der Waals surface area (Å²) in [5, 5.41) is 0. The molecule has 1 aromatic rings. The van der Waals surface area contributed by atoms with Crippen LogP contribution in [0.5, 0.6) is 11.5 Å². The van der Waals surface area contributed by atoms with Gasteiger partial charge in [-0.2, -0.15) is 0 Å². The average molecular weight is 265 g/mol. The van der Waals surface area contributed by atoms with Gasteiger partial charge in [-0.15, -0.1) is 0 Å². The highest BCUT2D eigenvalue weighted by Gasteiger charge is 2.35. The monoisotopic (exact) mass is 265 g/mol. The van der Waals surface area contributed by atoms with E-state index in [0.29, 0.717) is 17.1 Å². The quantitative estimate of drug-likeness (QED) is 0.889. The molecule has 1 fully saturated rings. The smallest absolute Gasteiger partial charge is 0.231 e. The molecular weight excluding hydrogens is 245 g/mol. The Kier molecular flexibility index (Phi) is 3.13. The van der Waals surface area contributed by atoms with Gasteiger partial charge < -0.3 is 15.2 Å². The second-order valence-electron chi connectivity index (χ2n) is 5.64. The molecule has 0 saturated heterocycles. The SMILES string of the molecule is CC(F)c1cc2c(c(C3(N)CCCCC3)c1)OCO2. The highest BCUT2D eigenvalue weighted by molar-refractivity contribution is 5.54. The standard InChI is InChI=1S/C15H20FNO2/c1-10(16)11-7-12(14-13(8-11)18-9-19-14)15(17)5-3-2-4-6-15/h7-8,10H,2-6,9,17H2,1H3. The number of nitrogens with two attached hydrogens (primary N) is 1. The predicted molar refractivity (Wildman–Crippen MR) is 71.0 cm³/mol. The second-order valence-corrected chi connectivity index (χ2v) is 5.64. The predicted octanol–water partition coefficient (Wildman–Crippen LogP) is 3.56. The fourth-order valence-electron chi connectivity index (χ4n) is 3.08. The van der Waals surface area contributed by atoms with Gasteiger partial charge in [-0.25, -0.2) is 4.39 Å². The Balaban J connectivity index is 2.08. The molecule has 0 radical (unpaired) electrons. The molecule has 0 aromatic heterocycles. The molecule has 1 aliphatic carbocycles. The van der Waals surface area contributed by atoms with Crippen LogP contribution in [0.2, 0.25) is 0 Å². The number of hydrogen-bond acceptors (Lipinski definition) is 3. The fraction of sp³-hybridized carbons (Fsp3) is 0.600. The minimum atomic E-state index is -1.03. The Morgan fingerprint density at radius 1 is 1.21 bits per heavy atom. The summed E-state index contributed by atoms with van der Waals surface area (Å²) >= 11 is 0. The van der Waals surface area contributed by atoms with Crippen molar-refractivity contribution in [2.75, 3.05) is 6.79 Å². The average Bonchev–Trinajstić information content (AvgIpc) is 2.86. The summed E-state index contributed by atoms with van der Waals surface area (Å²) in [6, 6.07) is 3.59. The van der Waals surface area contributed by atoms with Crippen LogP contribution in [-0.4, -0.2) is 6.79 Å². The van der Waals surface area contributed by atoms with Gasteiger partial charge in [0.1, 0.15) is 6.17 Å². The molecule has 1 aliphatic heterocycles. The molecule has 0 bridgehead atoms. The molecule has 1 aromatic carbocycles. The Morgan fingerprint density at radius 2 is 1.95 bits per heavy atom. The van der Waals surface area contributed by atoms with Gasteiger partial charge in [-0.3, -0.25) is 0 Å². The minimum Gasteiger partial charge on any atom is -0.454 e. The third kappa shape index (κ3) is 2.18. The van der Waals surface area contributed by atoms with E-state index < -0.39 is 11.7 Å². The maximum atomic E-state index is 13.6. The molecule has 2 aliphatic rings. The first kappa shape index (κ1) is 12.7. The van der Waals surface area contributed by atoms with Crippen LogP contribution in [0.15, 0.2) is 12.1 Å². The van der Waals surface area contributed by atoms with Crippen LogP contribution in [0, 0.1) is 0 Å². The van der Waals surface area contributed by atoms with Crippen molar-refractivity contribution in [1.82, 2.24) is 0 Å². The third-order valence-electron chi connectivity index (χ3n) is 4.24. The lowest BCUT2D eigenvalue weighted by Crippen LogP contribution is -2.38. The fourth-order valence-corrected chi connectivity index (χ4v) is 3.08. The van der Waals surface area contributed by atoms with E-state index in [9.17, 15) is 4.39 Å². The van der Waals surface area contributed by atoms with Crippen LogP contribution in [-0.2, 0) is 5.54 Å². The number of hydrogen-bond donors (Lipinski definition) is 1. The van der Waals surface area contributed by atoms with E-state index in [-0.39, 0.29) is 6.79 Å². The first-order chi connectivity index (χ1) is 9.10. The molecule has 4 heteroatoms. The normalized spacial score (nSPS) is 22.3. The molecule has 1 heterocycles. The highest BCUT2D eigenvalue weighted by Crippen LogP contribution is 2.46. The Labute approximate surface area is 112 Å². The van der Waals surface area contributed by atoms with Crippen molar-refractivity contribution in [2.45, 2.75) is 50.7 Å². The van der Waals surface area contributed by atoms with Gasteiger partial charge in [0.25, 0.3) is 0 Å². The number of benzene rings is 1. The molecule has 3 nitrogen and oxygen atoms in total. The van der Waals surface area contributed by atoms with Gasteiger partial charge in [-0.1, -0.05) is 19.3 Å². The zero-order valence-corrected chi connectivity index (χ0v) is 11.2. The topological polar surface area (TPSA) is 44.5 Å². The first-order valence-electron chi connectivity index (χ1n) is 6.97. The number of alkyl halides is 1. The van der Waals surface area contributed by atoms with Crippen molar-refractivity contribution < 1.29 is 13.9 Å². The molecule has 0 spiro atoms. The van der Waals surface area contributed by atoms with Crippen LogP contribution < -0.4 is 15.2 Å². The summed E-state index contributed by atoms with van der Waals surface area (Å²) in [5.74, 6) is 1.35. The number of fused-ring (bicyclic) bond motifs is 1. The summed E-state index contributed by atoms with van der Waals surface area (Å²) < 4.78 is 24.6. The van der Waals surface area contributed by atoms with Gasteiger partial charge in [0.15, 0.2) is 11.5 Å². The van der Waals surface area contributed by atoms with E-state index in [4.69, 9.17) is 15.2 Å². The van der Waals surface area contributed by atoms with Crippen LogP contribution >= 0.6 is 0 Å².